The van der Waals surface area contributed by atoms with Gasteiger partial charge in [-0.05, 0) is 46.9 Å². The van der Waals surface area contributed by atoms with Crippen molar-refractivity contribution in [2.24, 2.45) is 5.41 Å². The summed E-state index contributed by atoms with van der Waals surface area (Å²) in [6, 6.07) is 21.0. The summed E-state index contributed by atoms with van der Waals surface area (Å²) >= 11 is 0. The highest BCUT2D eigenvalue weighted by atomic mass is 32.2. The Morgan fingerprint density at radius 1 is 0.821 bits per heavy atom. The Balaban J connectivity index is 2.03. The van der Waals surface area contributed by atoms with E-state index in [2.05, 4.69) is 26.8 Å². The zero-order valence-corrected chi connectivity index (χ0v) is 16.9. The first-order valence-electron chi connectivity index (χ1n) is 9.23. The number of benzene rings is 3. The Morgan fingerprint density at radius 2 is 1.39 bits per heavy atom. The highest BCUT2D eigenvalue weighted by Crippen LogP contribution is 2.52. The molecule has 0 aliphatic carbocycles. The molecule has 1 heterocycles. The van der Waals surface area contributed by atoms with Gasteiger partial charge in [-0.2, -0.15) is 0 Å². The topological polar surface area (TPSA) is 57.6 Å². The maximum absolute atomic E-state index is 13.8. The molecular weight excluding hydrogens is 370 g/mol. The minimum Gasteiger partial charge on any atom is -0.508 e. The van der Waals surface area contributed by atoms with Gasteiger partial charge < -0.3 is 5.11 Å². The van der Waals surface area contributed by atoms with Gasteiger partial charge in [0.2, 0.25) is 0 Å². The molecular formula is C23H23NO3S. The van der Waals surface area contributed by atoms with Crippen molar-refractivity contribution in [1.29, 1.82) is 0 Å². The van der Waals surface area contributed by atoms with E-state index in [1.807, 2.05) is 42.5 Å². The average molecular weight is 394 g/mol. The summed E-state index contributed by atoms with van der Waals surface area (Å²) in [5, 5.41) is 9.59. The molecule has 0 aromatic heterocycles. The van der Waals surface area contributed by atoms with E-state index >= 15 is 0 Å². The Labute approximate surface area is 166 Å². The van der Waals surface area contributed by atoms with Crippen molar-refractivity contribution in [2.75, 3.05) is 4.31 Å². The molecule has 0 amide bonds. The summed E-state index contributed by atoms with van der Waals surface area (Å²) in [7, 11) is -3.85. The van der Waals surface area contributed by atoms with Crippen LogP contribution in [-0.4, -0.2) is 13.5 Å². The monoisotopic (exact) mass is 393 g/mol. The van der Waals surface area contributed by atoms with Crippen LogP contribution in [0.1, 0.15) is 32.4 Å². The standard InChI is InChI=1S/C23H23NO3S/c1-23(2,3)22-20-10-5-4-8-18(20)19-9-6-7-11-21(19)24(22)28(26,27)17-14-12-16(25)13-15-17/h4-15,22,25H,1-3H3/t22-/m0/s1. The lowest BCUT2D eigenvalue weighted by molar-refractivity contribution is 0.327. The van der Waals surface area contributed by atoms with E-state index in [0.29, 0.717) is 5.69 Å². The van der Waals surface area contributed by atoms with Gasteiger partial charge in [-0.15, -0.1) is 0 Å². The zero-order chi connectivity index (χ0) is 20.1. The fourth-order valence-corrected chi connectivity index (χ4v) is 5.79. The zero-order valence-electron chi connectivity index (χ0n) is 16.1. The number of phenols is 1. The highest BCUT2D eigenvalue weighted by molar-refractivity contribution is 7.92. The molecule has 0 bridgehead atoms. The Kier molecular flexibility index (Phi) is 4.23. The normalized spacial score (nSPS) is 16.4. The third-order valence-corrected chi connectivity index (χ3v) is 6.93. The molecule has 144 valence electrons. The maximum Gasteiger partial charge on any atom is 0.264 e. The first-order chi connectivity index (χ1) is 13.2. The third-order valence-electron chi connectivity index (χ3n) is 5.14. The van der Waals surface area contributed by atoms with E-state index in [1.54, 1.807) is 4.31 Å². The lowest BCUT2D eigenvalue weighted by atomic mass is 9.77. The predicted octanol–water partition coefficient (Wildman–Crippen LogP) is 5.36. The lowest BCUT2D eigenvalue weighted by Crippen LogP contribution is -2.43. The molecule has 1 aliphatic rings. The number of hydrogen-bond acceptors (Lipinski definition) is 3. The van der Waals surface area contributed by atoms with Crippen LogP contribution in [0.4, 0.5) is 5.69 Å². The number of nitrogens with zero attached hydrogens (tertiary/aromatic N) is 1. The van der Waals surface area contributed by atoms with Gasteiger partial charge in [0.1, 0.15) is 5.75 Å². The molecule has 3 aromatic carbocycles. The number of hydrogen-bond donors (Lipinski definition) is 1. The van der Waals surface area contributed by atoms with Gasteiger partial charge in [-0.25, -0.2) is 8.42 Å². The molecule has 0 saturated heterocycles. The molecule has 4 nitrogen and oxygen atoms in total. The summed E-state index contributed by atoms with van der Waals surface area (Å²) < 4.78 is 29.1. The predicted molar refractivity (Wildman–Crippen MR) is 112 cm³/mol. The van der Waals surface area contributed by atoms with Gasteiger partial charge in [0.05, 0.1) is 16.6 Å². The van der Waals surface area contributed by atoms with Gasteiger partial charge in [-0.1, -0.05) is 63.2 Å². The van der Waals surface area contributed by atoms with E-state index in [-0.39, 0.29) is 22.1 Å². The van der Waals surface area contributed by atoms with E-state index in [4.69, 9.17) is 0 Å². The first-order valence-corrected chi connectivity index (χ1v) is 10.7. The van der Waals surface area contributed by atoms with Crippen molar-refractivity contribution >= 4 is 15.7 Å². The second-order valence-electron chi connectivity index (χ2n) is 8.17. The minimum atomic E-state index is -3.85. The average Bonchev–Trinajstić information content (AvgIpc) is 2.66. The Hall–Kier alpha value is -2.79. The van der Waals surface area contributed by atoms with Crippen molar-refractivity contribution in [1.82, 2.24) is 0 Å². The summed E-state index contributed by atoms with van der Waals surface area (Å²) in [4.78, 5) is 0.161. The first kappa shape index (κ1) is 18.6. The second kappa shape index (κ2) is 6.38. The van der Waals surface area contributed by atoms with Crippen LogP contribution in [0, 0.1) is 5.41 Å². The van der Waals surface area contributed by atoms with Crippen LogP contribution in [0.15, 0.2) is 77.7 Å². The molecule has 0 unspecified atom stereocenters. The SMILES string of the molecule is CC(C)(C)[C@@H]1c2ccccc2-c2ccccc2N1S(=O)(=O)c1ccc(O)cc1. The Morgan fingerprint density at radius 3 is 2.04 bits per heavy atom. The van der Waals surface area contributed by atoms with Gasteiger partial charge in [0.25, 0.3) is 10.0 Å². The fourth-order valence-electron chi connectivity index (χ4n) is 3.96. The molecule has 1 aliphatic heterocycles. The molecule has 1 N–H and O–H groups in total. The van der Waals surface area contributed by atoms with Crippen molar-refractivity contribution in [3.8, 4) is 16.9 Å². The fraction of sp³-hybridized carbons (Fsp3) is 0.217. The molecule has 1 atom stereocenters. The summed E-state index contributed by atoms with van der Waals surface area (Å²) in [6.07, 6.45) is 0. The summed E-state index contributed by atoms with van der Waals surface area (Å²) in [5.41, 5.74) is 3.30. The van der Waals surface area contributed by atoms with Gasteiger partial charge in [0, 0.05) is 5.56 Å². The molecule has 3 aromatic rings. The van der Waals surface area contributed by atoms with Crippen LogP contribution in [0.5, 0.6) is 5.75 Å². The van der Waals surface area contributed by atoms with E-state index < -0.39 is 10.0 Å². The van der Waals surface area contributed by atoms with Crippen molar-refractivity contribution < 1.29 is 13.5 Å². The van der Waals surface area contributed by atoms with Crippen molar-refractivity contribution in [3.05, 3.63) is 78.4 Å². The van der Waals surface area contributed by atoms with Crippen LogP contribution in [0.3, 0.4) is 0 Å². The maximum atomic E-state index is 13.8. The second-order valence-corrected chi connectivity index (χ2v) is 9.98. The lowest BCUT2D eigenvalue weighted by Gasteiger charge is -2.45. The van der Waals surface area contributed by atoms with Crippen LogP contribution in [0.25, 0.3) is 11.1 Å². The van der Waals surface area contributed by atoms with Crippen LogP contribution in [-0.2, 0) is 10.0 Å². The minimum absolute atomic E-state index is 0.0377. The van der Waals surface area contributed by atoms with Crippen LogP contribution >= 0.6 is 0 Å². The quantitative estimate of drug-likeness (QED) is 0.638. The molecule has 4 rings (SSSR count). The van der Waals surface area contributed by atoms with E-state index in [0.717, 1.165) is 16.7 Å². The number of rotatable bonds is 2. The number of sulfonamides is 1. The molecule has 0 fully saturated rings. The van der Waals surface area contributed by atoms with E-state index in [1.165, 1.54) is 24.3 Å². The van der Waals surface area contributed by atoms with Crippen molar-refractivity contribution in [2.45, 2.75) is 31.7 Å². The highest BCUT2D eigenvalue weighted by Gasteiger charge is 2.44. The van der Waals surface area contributed by atoms with Gasteiger partial charge in [0.15, 0.2) is 0 Å². The smallest absolute Gasteiger partial charge is 0.264 e. The molecule has 28 heavy (non-hydrogen) atoms. The Bertz CT molecular complexity index is 1130. The van der Waals surface area contributed by atoms with Crippen LogP contribution < -0.4 is 4.31 Å². The third kappa shape index (κ3) is 2.87. The number of phenolic OH excluding ortho intramolecular Hbond substituents is 1. The van der Waals surface area contributed by atoms with Crippen LogP contribution in [0.2, 0.25) is 0 Å². The molecule has 5 heteroatoms. The van der Waals surface area contributed by atoms with Gasteiger partial charge in [-0.3, -0.25) is 4.31 Å². The van der Waals surface area contributed by atoms with Crippen molar-refractivity contribution in [3.63, 3.8) is 0 Å². The number of anilines is 1. The van der Waals surface area contributed by atoms with E-state index in [9.17, 15) is 13.5 Å². The number of fused-ring (bicyclic) bond motifs is 3. The number of para-hydroxylation sites is 1. The summed E-state index contributed by atoms with van der Waals surface area (Å²) in [6.45, 7) is 6.17. The van der Waals surface area contributed by atoms with Gasteiger partial charge >= 0.3 is 0 Å². The molecule has 0 radical (unpaired) electrons. The largest absolute Gasteiger partial charge is 0.508 e. The number of aromatic hydroxyl groups is 1. The summed E-state index contributed by atoms with van der Waals surface area (Å²) in [5.74, 6) is 0.0377. The molecule has 0 saturated carbocycles. The molecule has 0 spiro atoms.